The van der Waals surface area contributed by atoms with Crippen LogP contribution in [-0.2, 0) is 0 Å². The summed E-state index contributed by atoms with van der Waals surface area (Å²) in [6.07, 6.45) is 8.41. The quantitative estimate of drug-likeness (QED) is 0.178. The van der Waals surface area contributed by atoms with E-state index in [4.69, 9.17) is 15.0 Å². The normalized spacial score (nSPS) is 22.9. The Hall–Kier alpha value is -5.75. The molecule has 4 saturated carbocycles. The molecule has 1 atom stereocenters. The van der Waals surface area contributed by atoms with Gasteiger partial charge in [-0.3, -0.25) is 0 Å². The summed E-state index contributed by atoms with van der Waals surface area (Å²) >= 11 is 3.67. The molecule has 1 unspecified atom stereocenters. The fraction of sp³-hybridized carbons (Fsp3) is 0.204. The SMILES string of the molecule is c1cc(-c2nc(-c3cccc4c3sc3ccccc34)nc(-c3cccc4c3sc3ccccc34)n2)c2c(c1)C(C13CC4CC(CC(C4)C1)C3)c1ccc3ccccc3c1-2. The molecule has 5 aliphatic rings. The van der Waals surface area contributed by atoms with Gasteiger partial charge in [-0.05, 0) is 119 Å². The second kappa shape index (κ2) is 12.2. The van der Waals surface area contributed by atoms with Crippen LogP contribution in [0.25, 0.3) is 96.4 Å². The Balaban J connectivity index is 1.06. The van der Waals surface area contributed by atoms with Gasteiger partial charge in [0.2, 0.25) is 0 Å². The zero-order valence-electron chi connectivity index (χ0n) is 32.5. The fourth-order valence-electron chi connectivity index (χ4n) is 13.0. The molecule has 0 saturated heterocycles. The maximum absolute atomic E-state index is 5.58. The minimum absolute atomic E-state index is 0.304. The van der Waals surface area contributed by atoms with E-state index in [1.54, 1.807) is 0 Å². The largest absolute Gasteiger partial charge is 0.208 e. The number of nitrogens with zero attached hydrogens (tertiary/aromatic N) is 3. The number of benzene rings is 7. The van der Waals surface area contributed by atoms with Gasteiger partial charge in [-0.15, -0.1) is 22.7 Å². The second-order valence-corrected chi connectivity index (χ2v) is 20.2. The van der Waals surface area contributed by atoms with Gasteiger partial charge in [0.25, 0.3) is 0 Å². The summed E-state index contributed by atoms with van der Waals surface area (Å²) in [5, 5.41) is 7.68. The highest BCUT2D eigenvalue weighted by Gasteiger charge is 2.56. The summed E-state index contributed by atoms with van der Waals surface area (Å²) in [6.45, 7) is 0. The first-order valence-corrected chi connectivity index (χ1v) is 23.0. The summed E-state index contributed by atoms with van der Waals surface area (Å²) in [4.78, 5) is 16.6. The smallest absolute Gasteiger partial charge is 0.165 e. The molecule has 282 valence electrons. The van der Waals surface area contributed by atoms with E-state index in [2.05, 4.69) is 140 Å². The molecule has 0 radical (unpaired) electrons. The van der Waals surface area contributed by atoms with Crippen molar-refractivity contribution in [2.75, 3.05) is 0 Å². The van der Waals surface area contributed by atoms with E-state index in [1.165, 1.54) is 112 Å². The molecule has 3 aromatic heterocycles. The van der Waals surface area contributed by atoms with Crippen LogP contribution >= 0.6 is 22.7 Å². The van der Waals surface area contributed by atoms with E-state index in [0.717, 1.165) is 51.9 Å². The van der Waals surface area contributed by atoms with Crippen molar-refractivity contribution in [3.05, 3.63) is 151 Å². The summed E-state index contributed by atoms with van der Waals surface area (Å²) in [5.74, 6) is 5.21. The molecule has 10 aromatic rings. The topological polar surface area (TPSA) is 38.7 Å². The van der Waals surface area contributed by atoms with Crippen molar-refractivity contribution in [1.29, 1.82) is 0 Å². The number of fused-ring (bicyclic) bond motifs is 11. The molecule has 15 rings (SSSR count). The van der Waals surface area contributed by atoms with Crippen LogP contribution in [0.3, 0.4) is 0 Å². The molecule has 59 heavy (non-hydrogen) atoms. The lowest BCUT2D eigenvalue weighted by molar-refractivity contribution is -0.0612. The lowest BCUT2D eigenvalue weighted by atomic mass is 9.45. The molecule has 4 bridgehead atoms. The van der Waals surface area contributed by atoms with Crippen molar-refractivity contribution < 1.29 is 0 Å². The van der Waals surface area contributed by atoms with Crippen LogP contribution in [0.2, 0.25) is 0 Å². The van der Waals surface area contributed by atoms with Crippen LogP contribution in [-0.4, -0.2) is 15.0 Å². The highest BCUT2D eigenvalue weighted by molar-refractivity contribution is 7.26. The van der Waals surface area contributed by atoms with Gasteiger partial charge < -0.3 is 0 Å². The highest BCUT2D eigenvalue weighted by atomic mass is 32.1. The first kappa shape index (κ1) is 33.1. The Bertz CT molecular complexity index is 3240. The van der Waals surface area contributed by atoms with Gasteiger partial charge in [0.15, 0.2) is 17.5 Å². The zero-order valence-corrected chi connectivity index (χ0v) is 34.1. The average Bonchev–Trinajstić information content (AvgIpc) is 3.96. The molecule has 0 amide bonds. The molecule has 3 nitrogen and oxygen atoms in total. The maximum Gasteiger partial charge on any atom is 0.165 e. The molecule has 0 aliphatic heterocycles. The number of hydrogen-bond donors (Lipinski definition) is 0. The van der Waals surface area contributed by atoms with Crippen molar-refractivity contribution in [3.63, 3.8) is 0 Å². The first-order valence-electron chi connectivity index (χ1n) is 21.4. The van der Waals surface area contributed by atoms with Gasteiger partial charge in [0.05, 0.1) is 0 Å². The van der Waals surface area contributed by atoms with Gasteiger partial charge in [0.1, 0.15) is 0 Å². The lowest BCUT2D eigenvalue weighted by Crippen LogP contribution is -2.48. The third kappa shape index (κ3) is 4.72. The average molecular weight is 794 g/mol. The predicted molar refractivity (Wildman–Crippen MR) is 247 cm³/mol. The van der Waals surface area contributed by atoms with Crippen molar-refractivity contribution in [3.8, 4) is 45.3 Å². The zero-order chi connectivity index (χ0) is 38.4. The molecule has 5 heteroatoms. The fourth-order valence-corrected chi connectivity index (χ4v) is 15.4. The van der Waals surface area contributed by atoms with Crippen molar-refractivity contribution >= 4 is 73.8 Å². The van der Waals surface area contributed by atoms with Crippen LogP contribution in [0.1, 0.15) is 55.6 Å². The van der Waals surface area contributed by atoms with Crippen molar-refractivity contribution in [2.24, 2.45) is 23.2 Å². The van der Waals surface area contributed by atoms with Crippen molar-refractivity contribution in [2.45, 2.75) is 44.4 Å². The van der Waals surface area contributed by atoms with Crippen LogP contribution in [0.4, 0.5) is 0 Å². The summed E-state index contributed by atoms with van der Waals surface area (Å²) in [6, 6.07) is 51.7. The molecular weight excluding hydrogens is 755 g/mol. The first-order chi connectivity index (χ1) is 29.2. The van der Waals surface area contributed by atoms with E-state index in [9.17, 15) is 0 Å². The Morgan fingerprint density at radius 2 is 0.881 bits per heavy atom. The standard InChI is InChI=1S/C54H39N3S2/c1-2-11-34-33(10-1)22-23-40-46(34)47-39(48(40)54-27-30-24-31(28-54)26-32(25-30)29-54)16-9-17-41(47)51-55-52(42-18-7-14-37-35-12-3-5-20-44(35)58-49(37)42)57-53(56-51)43-19-8-15-38-36-13-4-6-21-45(36)59-50(38)43/h1-23,30-32,48H,24-29H2. The van der Waals surface area contributed by atoms with Gasteiger partial charge >= 0.3 is 0 Å². The molecule has 7 aromatic carbocycles. The molecule has 5 aliphatic carbocycles. The lowest BCUT2D eigenvalue weighted by Gasteiger charge is -2.59. The molecular formula is C54H39N3S2. The van der Waals surface area contributed by atoms with Crippen LogP contribution < -0.4 is 0 Å². The number of aromatic nitrogens is 3. The Kier molecular flexibility index (Phi) is 6.82. The van der Waals surface area contributed by atoms with Crippen LogP contribution in [0.5, 0.6) is 0 Å². The summed E-state index contributed by atoms with van der Waals surface area (Å²) in [7, 11) is 0. The number of thiophene rings is 2. The summed E-state index contributed by atoms with van der Waals surface area (Å²) < 4.78 is 4.99. The van der Waals surface area contributed by atoms with Crippen molar-refractivity contribution in [1.82, 2.24) is 15.0 Å². The molecule has 0 spiro atoms. The Morgan fingerprint density at radius 1 is 0.407 bits per heavy atom. The third-order valence-electron chi connectivity index (χ3n) is 14.8. The van der Waals surface area contributed by atoms with Crippen LogP contribution in [0.15, 0.2) is 140 Å². The van der Waals surface area contributed by atoms with Gasteiger partial charge in [0, 0.05) is 63.0 Å². The number of hydrogen-bond acceptors (Lipinski definition) is 5. The minimum Gasteiger partial charge on any atom is -0.208 e. The molecule has 3 heterocycles. The molecule has 0 N–H and O–H groups in total. The van der Waals surface area contributed by atoms with E-state index in [1.807, 2.05) is 22.7 Å². The second-order valence-electron chi connectivity index (χ2n) is 18.1. The third-order valence-corrected chi connectivity index (χ3v) is 17.2. The predicted octanol–water partition coefficient (Wildman–Crippen LogP) is 15.1. The Morgan fingerprint density at radius 3 is 1.49 bits per heavy atom. The monoisotopic (exact) mass is 793 g/mol. The molecule has 4 fully saturated rings. The van der Waals surface area contributed by atoms with Gasteiger partial charge in [-0.25, -0.2) is 15.0 Å². The van der Waals surface area contributed by atoms with E-state index < -0.39 is 0 Å². The van der Waals surface area contributed by atoms with E-state index in [-0.39, 0.29) is 0 Å². The minimum atomic E-state index is 0.304. The van der Waals surface area contributed by atoms with Gasteiger partial charge in [-0.1, -0.05) is 115 Å². The Labute approximate surface area is 350 Å². The van der Waals surface area contributed by atoms with E-state index >= 15 is 0 Å². The van der Waals surface area contributed by atoms with E-state index in [0.29, 0.717) is 11.3 Å². The maximum atomic E-state index is 5.58. The highest BCUT2D eigenvalue weighted by Crippen LogP contribution is 2.69. The van der Waals surface area contributed by atoms with Crippen LogP contribution in [0, 0.1) is 23.2 Å². The summed E-state index contributed by atoms with van der Waals surface area (Å²) in [5.41, 5.74) is 9.27. The number of rotatable bonds is 4. The van der Waals surface area contributed by atoms with Gasteiger partial charge in [-0.2, -0.15) is 0 Å².